The zero-order valence-corrected chi connectivity index (χ0v) is 18.8. The van der Waals surface area contributed by atoms with Gasteiger partial charge in [-0.3, -0.25) is 4.99 Å². The molecular weight excluding hydrogens is 457 g/mol. The van der Waals surface area contributed by atoms with Crippen LogP contribution in [-0.4, -0.2) is 34.3 Å². The van der Waals surface area contributed by atoms with Crippen LogP contribution in [0.15, 0.2) is 41.4 Å². The zero-order chi connectivity index (χ0) is 18.9. The summed E-state index contributed by atoms with van der Waals surface area (Å²) in [5.74, 6) is 2.38. The van der Waals surface area contributed by atoms with E-state index in [1.54, 1.807) is 28.4 Å². The van der Waals surface area contributed by atoms with E-state index in [9.17, 15) is 0 Å². The van der Waals surface area contributed by atoms with Crippen LogP contribution >= 0.6 is 24.0 Å². The van der Waals surface area contributed by atoms with Gasteiger partial charge in [0.2, 0.25) is 5.75 Å². The number of rotatable bonds is 7. The molecule has 2 rings (SSSR count). The highest BCUT2D eigenvalue weighted by Gasteiger charge is 2.14. The number of hydrogen-bond donors (Lipinski definition) is 2. The Kier molecular flexibility index (Phi) is 9.77. The Morgan fingerprint density at radius 2 is 1.56 bits per heavy atom. The quantitative estimate of drug-likeness (QED) is 0.352. The molecule has 0 bridgehead atoms. The molecule has 0 radical (unpaired) electrons. The second-order valence-corrected chi connectivity index (χ2v) is 5.59. The Labute approximate surface area is 178 Å². The first-order valence-corrected chi connectivity index (χ1v) is 8.51. The molecule has 0 aliphatic rings. The fraction of sp³-hybridized carbons (Fsp3) is 0.350. The number of aliphatic imine (C=N–C) groups is 1. The summed E-state index contributed by atoms with van der Waals surface area (Å²) >= 11 is 0. The minimum atomic E-state index is 0. The van der Waals surface area contributed by atoms with Crippen LogP contribution in [-0.2, 0) is 13.0 Å². The lowest BCUT2D eigenvalue weighted by molar-refractivity contribution is 0.324. The fourth-order valence-electron chi connectivity index (χ4n) is 2.72. The van der Waals surface area contributed by atoms with E-state index in [1.165, 1.54) is 11.1 Å². The van der Waals surface area contributed by atoms with Gasteiger partial charge < -0.3 is 24.8 Å². The Bertz CT molecular complexity index is 741. The van der Waals surface area contributed by atoms with Crippen molar-refractivity contribution in [1.29, 1.82) is 0 Å². The van der Waals surface area contributed by atoms with Gasteiger partial charge in [-0.25, -0.2) is 0 Å². The van der Waals surface area contributed by atoms with Gasteiger partial charge in [-0.1, -0.05) is 31.2 Å². The van der Waals surface area contributed by atoms with E-state index in [-0.39, 0.29) is 24.0 Å². The first-order chi connectivity index (χ1) is 12.7. The molecule has 27 heavy (non-hydrogen) atoms. The maximum atomic E-state index is 5.39. The maximum absolute atomic E-state index is 5.39. The van der Waals surface area contributed by atoms with Crippen molar-refractivity contribution in [3.8, 4) is 17.2 Å². The molecule has 148 valence electrons. The Morgan fingerprint density at radius 3 is 2.04 bits per heavy atom. The van der Waals surface area contributed by atoms with Crippen LogP contribution in [0.2, 0.25) is 0 Å². The number of nitrogens with one attached hydrogen (secondary N) is 2. The van der Waals surface area contributed by atoms with Crippen LogP contribution in [0.1, 0.15) is 18.1 Å². The number of hydrogen-bond acceptors (Lipinski definition) is 4. The van der Waals surface area contributed by atoms with E-state index in [4.69, 9.17) is 14.2 Å². The lowest BCUT2D eigenvalue weighted by atomic mass is 10.1. The molecule has 0 fully saturated rings. The van der Waals surface area contributed by atoms with E-state index in [2.05, 4.69) is 40.7 Å². The second-order valence-electron chi connectivity index (χ2n) is 5.59. The fourth-order valence-corrected chi connectivity index (χ4v) is 2.72. The van der Waals surface area contributed by atoms with Gasteiger partial charge in [-0.15, -0.1) is 24.0 Å². The largest absolute Gasteiger partial charge is 0.493 e. The predicted molar refractivity (Wildman–Crippen MR) is 121 cm³/mol. The van der Waals surface area contributed by atoms with Gasteiger partial charge in [0, 0.05) is 31.4 Å². The number of anilines is 1. The number of nitrogens with zero attached hydrogens (tertiary/aromatic N) is 1. The van der Waals surface area contributed by atoms with Crippen molar-refractivity contribution >= 4 is 35.6 Å². The monoisotopic (exact) mass is 485 g/mol. The molecule has 0 spiro atoms. The van der Waals surface area contributed by atoms with Crippen molar-refractivity contribution in [2.24, 2.45) is 4.99 Å². The van der Waals surface area contributed by atoms with Crippen LogP contribution in [0.3, 0.4) is 0 Å². The van der Waals surface area contributed by atoms with Crippen LogP contribution in [0.25, 0.3) is 0 Å². The highest BCUT2D eigenvalue weighted by atomic mass is 127. The minimum Gasteiger partial charge on any atom is -0.493 e. The van der Waals surface area contributed by atoms with Gasteiger partial charge in [0.25, 0.3) is 0 Å². The van der Waals surface area contributed by atoms with E-state index in [0.717, 1.165) is 12.1 Å². The lowest BCUT2D eigenvalue weighted by Crippen LogP contribution is -2.30. The average molecular weight is 485 g/mol. The third kappa shape index (κ3) is 5.92. The molecule has 0 unspecified atom stereocenters. The Morgan fingerprint density at radius 1 is 0.963 bits per heavy atom. The van der Waals surface area contributed by atoms with Gasteiger partial charge in [0.15, 0.2) is 17.5 Å². The van der Waals surface area contributed by atoms with Crippen LogP contribution in [0.5, 0.6) is 17.2 Å². The smallest absolute Gasteiger partial charge is 0.203 e. The van der Waals surface area contributed by atoms with E-state index < -0.39 is 0 Å². The van der Waals surface area contributed by atoms with Crippen LogP contribution < -0.4 is 24.8 Å². The Hall–Kier alpha value is -2.16. The number of benzene rings is 2. The molecule has 0 aliphatic heterocycles. The summed E-state index contributed by atoms with van der Waals surface area (Å²) in [5.41, 5.74) is 3.36. The summed E-state index contributed by atoms with van der Waals surface area (Å²) in [6, 6.07) is 12.1. The standard InChI is InChI=1S/C20H27N3O3.HI/c1-6-14-9-7-8-10-15(14)13-22-20(21-2)23-16-11-17(24-3)19(26-5)18(12-16)25-4;/h7-12H,6,13H2,1-5H3,(H2,21,22,23);1H. The number of aryl methyl sites for hydroxylation is 1. The van der Waals surface area contributed by atoms with Gasteiger partial charge >= 0.3 is 0 Å². The number of halogens is 1. The second kappa shape index (κ2) is 11.5. The number of ether oxygens (including phenoxy) is 3. The molecule has 0 saturated heterocycles. The molecule has 7 heteroatoms. The summed E-state index contributed by atoms with van der Waals surface area (Å²) < 4.78 is 16.1. The zero-order valence-electron chi connectivity index (χ0n) is 16.5. The predicted octanol–water partition coefficient (Wildman–Crippen LogP) is 4.08. The van der Waals surface area contributed by atoms with Crippen LogP contribution in [0.4, 0.5) is 5.69 Å². The maximum Gasteiger partial charge on any atom is 0.203 e. The molecule has 6 nitrogen and oxygen atoms in total. The first-order valence-electron chi connectivity index (χ1n) is 8.51. The van der Waals surface area contributed by atoms with E-state index >= 15 is 0 Å². The molecule has 0 saturated carbocycles. The molecule has 2 aromatic carbocycles. The summed E-state index contributed by atoms with van der Waals surface area (Å²) in [7, 11) is 6.50. The molecule has 0 aliphatic carbocycles. The minimum absolute atomic E-state index is 0. The summed E-state index contributed by atoms with van der Waals surface area (Å²) in [6.07, 6.45) is 0.997. The van der Waals surface area contributed by atoms with Crippen molar-refractivity contribution in [3.63, 3.8) is 0 Å². The van der Waals surface area contributed by atoms with Gasteiger partial charge in [0.05, 0.1) is 21.3 Å². The summed E-state index contributed by atoms with van der Waals surface area (Å²) in [4.78, 5) is 4.29. The van der Waals surface area contributed by atoms with Gasteiger partial charge in [-0.05, 0) is 17.5 Å². The molecule has 0 heterocycles. The Balaban J connectivity index is 0.00000364. The SMILES string of the molecule is CCc1ccccc1CNC(=NC)Nc1cc(OC)c(OC)c(OC)c1.I. The van der Waals surface area contributed by atoms with Crippen molar-refractivity contribution in [1.82, 2.24) is 5.32 Å². The van der Waals surface area contributed by atoms with E-state index in [1.807, 2.05) is 18.2 Å². The molecule has 2 N–H and O–H groups in total. The third-order valence-electron chi connectivity index (χ3n) is 4.10. The summed E-state index contributed by atoms with van der Waals surface area (Å²) in [5, 5.41) is 6.60. The third-order valence-corrected chi connectivity index (χ3v) is 4.10. The highest BCUT2D eigenvalue weighted by Crippen LogP contribution is 2.39. The van der Waals surface area contributed by atoms with Gasteiger partial charge in [0.1, 0.15) is 0 Å². The van der Waals surface area contributed by atoms with Crippen molar-refractivity contribution < 1.29 is 14.2 Å². The summed E-state index contributed by atoms with van der Waals surface area (Å²) in [6.45, 7) is 2.84. The lowest BCUT2D eigenvalue weighted by Gasteiger charge is -2.17. The topological polar surface area (TPSA) is 64.1 Å². The number of guanidine groups is 1. The highest BCUT2D eigenvalue weighted by molar-refractivity contribution is 14.0. The van der Waals surface area contributed by atoms with Gasteiger partial charge in [-0.2, -0.15) is 0 Å². The average Bonchev–Trinajstić information content (AvgIpc) is 2.70. The molecular formula is C20H28IN3O3. The van der Waals surface area contributed by atoms with E-state index in [0.29, 0.717) is 29.8 Å². The van der Waals surface area contributed by atoms with Crippen molar-refractivity contribution in [2.45, 2.75) is 19.9 Å². The molecule has 0 atom stereocenters. The van der Waals surface area contributed by atoms with Crippen molar-refractivity contribution in [2.75, 3.05) is 33.7 Å². The molecule has 0 aromatic heterocycles. The van der Waals surface area contributed by atoms with Crippen molar-refractivity contribution in [3.05, 3.63) is 47.5 Å². The normalized spacial score (nSPS) is 10.6. The number of methoxy groups -OCH3 is 3. The van der Waals surface area contributed by atoms with Crippen LogP contribution in [0, 0.1) is 0 Å². The molecule has 0 amide bonds. The first kappa shape index (κ1) is 22.9. The molecule has 2 aromatic rings.